The SMILES string of the molecule is CCCC(C)COc1ccc(F)cc1C#CCCCl. The van der Waals surface area contributed by atoms with Crippen LogP contribution in [0.25, 0.3) is 0 Å². The Balaban J connectivity index is 2.74. The fourth-order valence-electron chi connectivity index (χ4n) is 1.74. The van der Waals surface area contributed by atoms with Crippen molar-refractivity contribution in [1.82, 2.24) is 0 Å². The van der Waals surface area contributed by atoms with Crippen molar-refractivity contribution in [3.8, 4) is 17.6 Å². The Morgan fingerprint density at radius 1 is 1.42 bits per heavy atom. The van der Waals surface area contributed by atoms with E-state index in [1.165, 1.54) is 12.1 Å². The van der Waals surface area contributed by atoms with E-state index in [0.717, 1.165) is 12.8 Å². The Labute approximate surface area is 120 Å². The van der Waals surface area contributed by atoms with Crippen molar-refractivity contribution in [1.29, 1.82) is 0 Å². The van der Waals surface area contributed by atoms with Crippen LogP contribution in [-0.4, -0.2) is 12.5 Å². The van der Waals surface area contributed by atoms with Crippen LogP contribution >= 0.6 is 11.6 Å². The largest absolute Gasteiger partial charge is 0.492 e. The predicted molar refractivity (Wildman–Crippen MR) is 78.2 cm³/mol. The summed E-state index contributed by atoms with van der Waals surface area (Å²) in [7, 11) is 0. The highest BCUT2D eigenvalue weighted by Gasteiger charge is 2.06. The first-order valence-electron chi connectivity index (χ1n) is 6.64. The van der Waals surface area contributed by atoms with Gasteiger partial charge in [0.1, 0.15) is 11.6 Å². The van der Waals surface area contributed by atoms with Crippen LogP contribution in [0.3, 0.4) is 0 Å². The van der Waals surface area contributed by atoms with Crippen molar-refractivity contribution < 1.29 is 9.13 Å². The molecule has 1 atom stereocenters. The first-order chi connectivity index (χ1) is 9.17. The van der Waals surface area contributed by atoms with Crippen molar-refractivity contribution in [2.75, 3.05) is 12.5 Å². The van der Waals surface area contributed by atoms with Gasteiger partial charge < -0.3 is 4.74 Å². The lowest BCUT2D eigenvalue weighted by molar-refractivity contribution is 0.250. The third-order valence-corrected chi connectivity index (χ3v) is 2.88. The minimum Gasteiger partial charge on any atom is -0.492 e. The molecule has 1 rings (SSSR count). The minimum absolute atomic E-state index is 0.302. The summed E-state index contributed by atoms with van der Waals surface area (Å²) in [6, 6.07) is 4.44. The van der Waals surface area contributed by atoms with Crippen LogP contribution in [0, 0.1) is 23.6 Å². The van der Waals surface area contributed by atoms with Crippen molar-refractivity contribution in [2.45, 2.75) is 33.1 Å². The van der Waals surface area contributed by atoms with Crippen molar-refractivity contribution in [3.63, 3.8) is 0 Å². The van der Waals surface area contributed by atoms with Crippen LogP contribution in [0.5, 0.6) is 5.75 Å². The van der Waals surface area contributed by atoms with Gasteiger partial charge in [0.2, 0.25) is 0 Å². The van der Waals surface area contributed by atoms with Crippen LogP contribution in [0.15, 0.2) is 18.2 Å². The lowest BCUT2D eigenvalue weighted by atomic mass is 10.1. The summed E-state index contributed by atoms with van der Waals surface area (Å²) in [5, 5.41) is 0. The first kappa shape index (κ1) is 15.9. The number of ether oxygens (including phenoxy) is 1. The molecular formula is C16H20ClFO. The van der Waals surface area contributed by atoms with Gasteiger partial charge in [0.05, 0.1) is 12.2 Å². The summed E-state index contributed by atoms with van der Waals surface area (Å²) in [5.74, 6) is 7.12. The molecule has 0 radical (unpaired) electrons. The summed E-state index contributed by atoms with van der Waals surface area (Å²) in [5.41, 5.74) is 0.591. The number of benzene rings is 1. The van der Waals surface area contributed by atoms with E-state index in [-0.39, 0.29) is 5.82 Å². The van der Waals surface area contributed by atoms with E-state index in [4.69, 9.17) is 16.3 Å². The van der Waals surface area contributed by atoms with Crippen LogP contribution in [0.2, 0.25) is 0 Å². The van der Waals surface area contributed by atoms with E-state index >= 15 is 0 Å². The molecule has 0 aliphatic carbocycles. The molecule has 0 amide bonds. The van der Waals surface area contributed by atoms with Crippen LogP contribution < -0.4 is 4.74 Å². The van der Waals surface area contributed by atoms with E-state index in [1.54, 1.807) is 6.07 Å². The maximum absolute atomic E-state index is 13.2. The second kappa shape index (κ2) is 8.82. The summed E-state index contributed by atoms with van der Waals surface area (Å²) >= 11 is 5.57. The highest BCUT2D eigenvalue weighted by molar-refractivity contribution is 6.18. The molecule has 3 heteroatoms. The van der Waals surface area contributed by atoms with Crippen LogP contribution in [-0.2, 0) is 0 Å². The van der Waals surface area contributed by atoms with Gasteiger partial charge in [-0.1, -0.05) is 32.1 Å². The average molecular weight is 283 g/mol. The van der Waals surface area contributed by atoms with E-state index < -0.39 is 0 Å². The Bertz CT molecular complexity index is 448. The quantitative estimate of drug-likeness (QED) is 0.546. The smallest absolute Gasteiger partial charge is 0.135 e. The molecule has 0 saturated heterocycles. The third kappa shape index (κ3) is 5.98. The second-order valence-corrected chi connectivity index (χ2v) is 4.96. The standard InChI is InChI=1S/C16H20ClFO/c1-3-6-13(2)12-19-16-9-8-15(18)11-14(16)7-4-5-10-17/h8-9,11,13H,3,5-6,10,12H2,1-2H3. The molecule has 0 aliphatic heterocycles. The van der Waals surface area contributed by atoms with Gasteiger partial charge in [-0.3, -0.25) is 0 Å². The zero-order valence-corrected chi connectivity index (χ0v) is 12.3. The molecule has 0 bridgehead atoms. The lowest BCUT2D eigenvalue weighted by Gasteiger charge is -2.13. The van der Waals surface area contributed by atoms with Gasteiger partial charge in [0.25, 0.3) is 0 Å². The Morgan fingerprint density at radius 3 is 2.89 bits per heavy atom. The molecule has 19 heavy (non-hydrogen) atoms. The fourth-order valence-corrected chi connectivity index (χ4v) is 1.83. The van der Waals surface area contributed by atoms with Crippen LogP contribution in [0.1, 0.15) is 38.7 Å². The molecule has 0 heterocycles. The lowest BCUT2D eigenvalue weighted by Crippen LogP contribution is -2.09. The zero-order chi connectivity index (χ0) is 14.1. The minimum atomic E-state index is -0.302. The van der Waals surface area contributed by atoms with Gasteiger partial charge in [-0.05, 0) is 30.5 Å². The zero-order valence-electron chi connectivity index (χ0n) is 11.5. The van der Waals surface area contributed by atoms with E-state index in [0.29, 0.717) is 36.1 Å². The predicted octanol–water partition coefficient (Wildman–Crippen LogP) is 4.62. The molecule has 1 nitrogen and oxygen atoms in total. The summed E-state index contributed by atoms with van der Waals surface area (Å²) < 4.78 is 19.0. The molecule has 0 aromatic heterocycles. The van der Waals surface area contributed by atoms with Crippen molar-refractivity contribution >= 4 is 11.6 Å². The highest BCUT2D eigenvalue weighted by atomic mass is 35.5. The molecule has 0 N–H and O–H groups in total. The van der Waals surface area contributed by atoms with E-state index in [9.17, 15) is 4.39 Å². The topological polar surface area (TPSA) is 9.23 Å². The number of halogens is 2. The summed E-state index contributed by atoms with van der Waals surface area (Å²) in [6.07, 6.45) is 2.84. The Morgan fingerprint density at radius 2 is 2.21 bits per heavy atom. The van der Waals surface area contributed by atoms with Gasteiger partial charge in [0, 0.05) is 12.3 Å². The number of hydrogen-bond acceptors (Lipinski definition) is 1. The number of alkyl halides is 1. The summed E-state index contributed by atoms with van der Waals surface area (Å²) in [4.78, 5) is 0. The molecule has 0 spiro atoms. The Kier molecular flexibility index (Phi) is 7.36. The third-order valence-electron chi connectivity index (χ3n) is 2.69. The first-order valence-corrected chi connectivity index (χ1v) is 7.18. The summed E-state index contributed by atoms with van der Waals surface area (Å²) in [6.45, 7) is 4.92. The van der Waals surface area contributed by atoms with Crippen molar-refractivity contribution in [3.05, 3.63) is 29.6 Å². The highest BCUT2D eigenvalue weighted by Crippen LogP contribution is 2.20. The normalized spacial score (nSPS) is 11.6. The molecule has 0 aliphatic rings. The molecular weight excluding hydrogens is 263 g/mol. The van der Waals surface area contributed by atoms with Gasteiger partial charge in [-0.15, -0.1) is 11.6 Å². The van der Waals surface area contributed by atoms with Crippen LogP contribution in [0.4, 0.5) is 4.39 Å². The van der Waals surface area contributed by atoms with E-state index in [2.05, 4.69) is 25.7 Å². The number of hydrogen-bond donors (Lipinski definition) is 0. The maximum Gasteiger partial charge on any atom is 0.135 e. The molecule has 0 fully saturated rings. The van der Waals surface area contributed by atoms with Crippen molar-refractivity contribution in [2.24, 2.45) is 5.92 Å². The molecule has 104 valence electrons. The average Bonchev–Trinajstić information content (AvgIpc) is 2.38. The Hall–Kier alpha value is -1.20. The molecule has 1 unspecified atom stereocenters. The fraction of sp³-hybridized carbons (Fsp3) is 0.500. The van der Waals surface area contributed by atoms with E-state index in [1.807, 2.05) is 0 Å². The number of rotatable bonds is 6. The molecule has 1 aromatic carbocycles. The molecule has 1 aromatic rings. The van der Waals surface area contributed by atoms with Gasteiger partial charge in [0.15, 0.2) is 0 Å². The van der Waals surface area contributed by atoms with Gasteiger partial charge in [-0.25, -0.2) is 4.39 Å². The van der Waals surface area contributed by atoms with Gasteiger partial charge in [-0.2, -0.15) is 0 Å². The monoisotopic (exact) mass is 282 g/mol. The van der Waals surface area contributed by atoms with Gasteiger partial charge >= 0.3 is 0 Å². The molecule has 0 saturated carbocycles. The maximum atomic E-state index is 13.2. The second-order valence-electron chi connectivity index (χ2n) is 4.59.